The van der Waals surface area contributed by atoms with Gasteiger partial charge in [-0.1, -0.05) is 32.0 Å². The first kappa shape index (κ1) is 18.5. The van der Waals surface area contributed by atoms with Crippen molar-refractivity contribution in [3.05, 3.63) is 44.9 Å². The maximum absolute atomic E-state index is 12.8. The molecule has 0 bridgehead atoms. The molecule has 7 nitrogen and oxygen atoms in total. The molecule has 0 aromatic carbocycles. The predicted molar refractivity (Wildman–Crippen MR) is 105 cm³/mol. The fourth-order valence-corrected chi connectivity index (χ4v) is 3.91. The third-order valence-corrected chi connectivity index (χ3v) is 5.14. The van der Waals surface area contributed by atoms with E-state index in [0.29, 0.717) is 34.3 Å². The molecule has 0 aliphatic carbocycles. The van der Waals surface area contributed by atoms with E-state index in [1.165, 1.54) is 16.0 Å². The van der Waals surface area contributed by atoms with Gasteiger partial charge in [0.2, 0.25) is 5.91 Å². The molecule has 3 heterocycles. The lowest BCUT2D eigenvalue weighted by Crippen LogP contribution is -2.36. The molecule has 0 atom stereocenters. The number of carbonyl (C=O) groups excluding carboxylic acids is 1. The fraction of sp³-hybridized carbons (Fsp3) is 0.353. The van der Waals surface area contributed by atoms with Crippen LogP contribution in [0.3, 0.4) is 0 Å². The minimum absolute atomic E-state index is 0.0576. The van der Waals surface area contributed by atoms with Crippen molar-refractivity contribution in [2.75, 3.05) is 6.54 Å². The van der Waals surface area contributed by atoms with Crippen molar-refractivity contribution in [3.8, 4) is 0 Å². The van der Waals surface area contributed by atoms with Gasteiger partial charge in [0.1, 0.15) is 17.9 Å². The number of hydrogen-bond donors (Lipinski definition) is 2. The lowest BCUT2D eigenvalue weighted by atomic mass is 10.2. The minimum atomic E-state index is -0.313. The van der Waals surface area contributed by atoms with Crippen molar-refractivity contribution in [2.45, 2.75) is 32.7 Å². The standard InChI is InChI=1S/C17H20ClN5O2S/c1-9(2)16-21-22(8-15(24)20-5-4-10(3)19)17(25)12-6-13-11(23(12)16)7-14(18)26-13/h6-7,9H,3-5,8,19H2,1-2H3,(H,20,24). The Hall–Kier alpha value is -2.32. The van der Waals surface area contributed by atoms with Gasteiger partial charge in [0.25, 0.3) is 5.56 Å². The van der Waals surface area contributed by atoms with Crippen LogP contribution in [0.15, 0.2) is 29.2 Å². The number of nitrogens with zero attached hydrogens (tertiary/aromatic N) is 3. The summed E-state index contributed by atoms with van der Waals surface area (Å²) < 4.78 is 4.61. The van der Waals surface area contributed by atoms with Crippen molar-refractivity contribution < 1.29 is 4.79 Å². The van der Waals surface area contributed by atoms with Crippen LogP contribution in [0.5, 0.6) is 0 Å². The number of aromatic nitrogens is 3. The van der Waals surface area contributed by atoms with Crippen molar-refractivity contribution >= 4 is 44.6 Å². The van der Waals surface area contributed by atoms with Crippen LogP contribution in [0.2, 0.25) is 4.34 Å². The highest BCUT2D eigenvalue weighted by Gasteiger charge is 2.19. The van der Waals surface area contributed by atoms with Gasteiger partial charge in [-0.05, 0) is 12.1 Å². The number of halogens is 1. The zero-order valence-electron chi connectivity index (χ0n) is 14.6. The maximum atomic E-state index is 12.8. The predicted octanol–water partition coefficient (Wildman–Crippen LogP) is 2.47. The zero-order valence-corrected chi connectivity index (χ0v) is 16.2. The second-order valence-corrected chi connectivity index (χ2v) is 8.11. The Morgan fingerprint density at radius 2 is 2.15 bits per heavy atom. The zero-order chi connectivity index (χ0) is 19.0. The van der Waals surface area contributed by atoms with Crippen molar-refractivity contribution in [2.24, 2.45) is 5.73 Å². The summed E-state index contributed by atoms with van der Waals surface area (Å²) in [5.41, 5.74) is 7.02. The summed E-state index contributed by atoms with van der Waals surface area (Å²) in [6, 6.07) is 3.63. The summed E-state index contributed by atoms with van der Waals surface area (Å²) in [5.74, 6) is 0.464. The highest BCUT2D eigenvalue weighted by Crippen LogP contribution is 2.32. The summed E-state index contributed by atoms with van der Waals surface area (Å²) >= 11 is 7.51. The van der Waals surface area contributed by atoms with Crippen LogP contribution in [0, 0.1) is 0 Å². The van der Waals surface area contributed by atoms with Crippen LogP contribution in [-0.2, 0) is 11.3 Å². The summed E-state index contributed by atoms with van der Waals surface area (Å²) in [7, 11) is 0. The van der Waals surface area contributed by atoms with Crippen LogP contribution < -0.4 is 16.6 Å². The van der Waals surface area contributed by atoms with E-state index in [9.17, 15) is 9.59 Å². The first-order valence-corrected chi connectivity index (χ1v) is 9.39. The van der Waals surface area contributed by atoms with Crippen LogP contribution in [0.4, 0.5) is 0 Å². The topological polar surface area (TPSA) is 94.4 Å². The number of nitrogens with one attached hydrogen (secondary N) is 1. The first-order valence-electron chi connectivity index (χ1n) is 8.19. The summed E-state index contributed by atoms with van der Waals surface area (Å²) in [6.07, 6.45) is 0.486. The normalized spacial score (nSPS) is 11.5. The van der Waals surface area contributed by atoms with Crippen LogP contribution in [-0.4, -0.2) is 26.6 Å². The van der Waals surface area contributed by atoms with Gasteiger partial charge in [-0.15, -0.1) is 11.3 Å². The molecule has 0 saturated heterocycles. The fourth-order valence-electron chi connectivity index (χ4n) is 2.75. The van der Waals surface area contributed by atoms with E-state index in [1.54, 1.807) is 6.07 Å². The van der Waals surface area contributed by atoms with Gasteiger partial charge in [0.15, 0.2) is 0 Å². The number of rotatable bonds is 6. The quantitative estimate of drug-likeness (QED) is 0.672. The Balaban J connectivity index is 2.01. The van der Waals surface area contributed by atoms with Gasteiger partial charge in [0.05, 0.1) is 14.6 Å². The lowest BCUT2D eigenvalue weighted by molar-refractivity contribution is -0.121. The molecule has 0 aliphatic heterocycles. The molecule has 3 aromatic heterocycles. The van der Waals surface area contributed by atoms with E-state index in [4.69, 9.17) is 17.3 Å². The molecule has 3 N–H and O–H groups in total. The Kier molecular flexibility index (Phi) is 5.06. The average Bonchev–Trinajstić information content (AvgIpc) is 3.06. The van der Waals surface area contributed by atoms with Gasteiger partial charge in [0, 0.05) is 24.6 Å². The van der Waals surface area contributed by atoms with E-state index in [1.807, 2.05) is 24.3 Å². The van der Waals surface area contributed by atoms with Crippen LogP contribution in [0.25, 0.3) is 15.7 Å². The molecule has 138 valence electrons. The average molecular weight is 394 g/mol. The Labute approximate surface area is 159 Å². The van der Waals surface area contributed by atoms with Gasteiger partial charge in [-0.3, -0.25) is 14.0 Å². The summed E-state index contributed by atoms with van der Waals surface area (Å²) in [6.45, 7) is 7.79. The number of carbonyl (C=O) groups is 1. The minimum Gasteiger partial charge on any atom is -0.402 e. The molecule has 0 aliphatic rings. The van der Waals surface area contributed by atoms with Crippen LogP contribution >= 0.6 is 22.9 Å². The Morgan fingerprint density at radius 3 is 2.81 bits per heavy atom. The Bertz CT molecular complexity index is 1060. The molecule has 0 radical (unpaired) electrons. The molecule has 9 heteroatoms. The molecule has 0 fully saturated rings. The van der Waals surface area contributed by atoms with Crippen molar-refractivity contribution in [1.82, 2.24) is 19.5 Å². The molecule has 1 amide bonds. The van der Waals surface area contributed by atoms with E-state index < -0.39 is 0 Å². The smallest absolute Gasteiger partial charge is 0.291 e. The molecule has 26 heavy (non-hydrogen) atoms. The highest BCUT2D eigenvalue weighted by atomic mass is 35.5. The van der Waals surface area contributed by atoms with E-state index in [0.717, 1.165) is 10.2 Å². The molecule has 3 aromatic rings. The largest absolute Gasteiger partial charge is 0.402 e. The van der Waals surface area contributed by atoms with E-state index in [2.05, 4.69) is 17.0 Å². The van der Waals surface area contributed by atoms with Crippen molar-refractivity contribution in [3.63, 3.8) is 0 Å². The van der Waals surface area contributed by atoms with E-state index >= 15 is 0 Å². The third kappa shape index (κ3) is 3.47. The third-order valence-electron chi connectivity index (χ3n) is 3.94. The van der Waals surface area contributed by atoms with Crippen LogP contribution in [0.1, 0.15) is 32.0 Å². The SMILES string of the molecule is C=C(N)CCNC(=O)Cn1nc(C(C)C)n2c(cc3sc(Cl)cc32)c1=O. The lowest BCUT2D eigenvalue weighted by Gasteiger charge is -2.13. The molecule has 0 saturated carbocycles. The molecular formula is C17H20ClN5O2S. The number of nitrogens with two attached hydrogens (primary N) is 1. The number of hydrogen-bond acceptors (Lipinski definition) is 5. The number of fused-ring (bicyclic) bond motifs is 3. The number of amides is 1. The van der Waals surface area contributed by atoms with Gasteiger partial charge in [-0.2, -0.15) is 5.10 Å². The van der Waals surface area contributed by atoms with Gasteiger partial charge >= 0.3 is 0 Å². The highest BCUT2D eigenvalue weighted by molar-refractivity contribution is 7.22. The van der Waals surface area contributed by atoms with Gasteiger partial charge in [-0.25, -0.2) is 4.68 Å². The second kappa shape index (κ2) is 7.13. The molecule has 3 rings (SSSR count). The monoisotopic (exact) mass is 393 g/mol. The molecule has 0 spiro atoms. The Morgan fingerprint density at radius 1 is 1.42 bits per heavy atom. The maximum Gasteiger partial charge on any atom is 0.291 e. The summed E-state index contributed by atoms with van der Waals surface area (Å²) in [4.78, 5) is 24.9. The van der Waals surface area contributed by atoms with Gasteiger partial charge < -0.3 is 11.1 Å². The number of thiophene rings is 1. The summed E-state index contributed by atoms with van der Waals surface area (Å²) in [5, 5.41) is 7.15. The van der Waals surface area contributed by atoms with Crippen molar-refractivity contribution in [1.29, 1.82) is 0 Å². The first-order chi connectivity index (χ1) is 12.3. The van der Waals surface area contributed by atoms with E-state index in [-0.39, 0.29) is 23.9 Å². The molecule has 0 unspecified atom stereocenters. The molecular weight excluding hydrogens is 374 g/mol. The second-order valence-electron chi connectivity index (χ2n) is 6.40.